The van der Waals surface area contributed by atoms with Gasteiger partial charge >= 0.3 is 5.97 Å². The molecule has 0 saturated carbocycles. The molecule has 146 valence electrons. The normalized spacial score (nSPS) is 11.5. The van der Waals surface area contributed by atoms with Crippen molar-refractivity contribution in [2.24, 2.45) is 0 Å². The van der Waals surface area contributed by atoms with Crippen molar-refractivity contribution in [2.45, 2.75) is 11.8 Å². The third kappa shape index (κ3) is 3.60. The first-order chi connectivity index (χ1) is 13.8. The van der Waals surface area contributed by atoms with E-state index >= 15 is 0 Å². The van der Waals surface area contributed by atoms with Crippen molar-refractivity contribution in [3.63, 3.8) is 0 Å². The number of furan rings is 1. The van der Waals surface area contributed by atoms with Crippen molar-refractivity contribution in [2.75, 3.05) is 4.72 Å². The second kappa shape index (κ2) is 7.10. The number of carboxylic acid groups (broad SMARTS) is 1. The molecule has 0 unspecified atom stereocenters. The predicted molar refractivity (Wildman–Crippen MR) is 111 cm³/mol. The van der Waals surface area contributed by atoms with Gasteiger partial charge in [0.2, 0.25) is 5.76 Å². The summed E-state index contributed by atoms with van der Waals surface area (Å²) in [6.45, 7) is 1.62. The number of aromatic carboxylic acids is 1. The average Bonchev–Trinajstić information content (AvgIpc) is 3.05. The number of carbonyl (C=O) groups is 1. The smallest absolute Gasteiger partial charge is 0.372 e. The third-order valence-electron chi connectivity index (χ3n) is 4.65. The first kappa shape index (κ1) is 18.8. The lowest BCUT2D eigenvalue weighted by Gasteiger charge is -2.09. The number of aryl methyl sites for hydroxylation is 1. The molecule has 0 aliphatic rings. The van der Waals surface area contributed by atoms with E-state index in [9.17, 15) is 18.3 Å². The van der Waals surface area contributed by atoms with Gasteiger partial charge < -0.3 is 9.52 Å². The number of hydrogen-bond acceptors (Lipinski definition) is 4. The summed E-state index contributed by atoms with van der Waals surface area (Å²) in [5.41, 5.74) is 3.07. The fourth-order valence-corrected chi connectivity index (χ4v) is 4.21. The van der Waals surface area contributed by atoms with Crippen molar-refractivity contribution < 1.29 is 22.7 Å². The Morgan fingerprint density at radius 3 is 2.24 bits per heavy atom. The standard InChI is InChI=1S/C22H17NO5S/c1-14-19-13-17(9-12-20(19)28-21(14)22(24)25)23-29(26,27)18-10-7-16(8-11-18)15-5-3-2-4-6-15/h2-13,23H,1H3,(H,24,25). The lowest BCUT2D eigenvalue weighted by Crippen LogP contribution is -2.12. The molecule has 0 bridgehead atoms. The van der Waals surface area contributed by atoms with Gasteiger partial charge in [-0.2, -0.15) is 0 Å². The van der Waals surface area contributed by atoms with Gasteiger partial charge in [-0.25, -0.2) is 13.2 Å². The number of rotatable bonds is 5. The molecular weight excluding hydrogens is 390 g/mol. The molecule has 0 aliphatic heterocycles. The van der Waals surface area contributed by atoms with Crippen molar-refractivity contribution in [1.82, 2.24) is 0 Å². The zero-order chi connectivity index (χ0) is 20.6. The van der Waals surface area contributed by atoms with E-state index in [0.717, 1.165) is 11.1 Å². The van der Waals surface area contributed by atoms with E-state index in [4.69, 9.17) is 4.42 Å². The van der Waals surface area contributed by atoms with E-state index in [1.807, 2.05) is 30.3 Å². The van der Waals surface area contributed by atoms with Crippen LogP contribution in [0.1, 0.15) is 16.1 Å². The zero-order valence-corrected chi connectivity index (χ0v) is 16.2. The van der Waals surface area contributed by atoms with E-state index in [0.29, 0.717) is 22.2 Å². The number of benzene rings is 3. The first-order valence-corrected chi connectivity index (χ1v) is 10.3. The minimum absolute atomic E-state index is 0.132. The number of carboxylic acids is 1. The van der Waals surface area contributed by atoms with Crippen LogP contribution in [-0.2, 0) is 10.0 Å². The zero-order valence-electron chi connectivity index (χ0n) is 15.4. The van der Waals surface area contributed by atoms with Crippen LogP contribution in [0.2, 0.25) is 0 Å². The van der Waals surface area contributed by atoms with Crippen LogP contribution in [0.5, 0.6) is 0 Å². The summed E-state index contributed by atoms with van der Waals surface area (Å²) in [7, 11) is -3.80. The molecule has 4 aromatic rings. The Hall–Kier alpha value is -3.58. The molecule has 7 heteroatoms. The number of sulfonamides is 1. The molecule has 0 atom stereocenters. The Kier molecular flexibility index (Phi) is 4.60. The van der Waals surface area contributed by atoms with Crippen LogP contribution in [0.3, 0.4) is 0 Å². The van der Waals surface area contributed by atoms with Crippen molar-refractivity contribution in [3.05, 3.63) is 84.1 Å². The summed E-state index contributed by atoms with van der Waals surface area (Å²) in [6, 6.07) is 20.9. The summed E-state index contributed by atoms with van der Waals surface area (Å²) in [6.07, 6.45) is 0. The monoisotopic (exact) mass is 407 g/mol. The summed E-state index contributed by atoms with van der Waals surface area (Å²) in [4.78, 5) is 11.3. The second-order valence-electron chi connectivity index (χ2n) is 6.57. The van der Waals surface area contributed by atoms with E-state index in [1.54, 1.807) is 43.3 Å². The highest BCUT2D eigenvalue weighted by atomic mass is 32.2. The summed E-state index contributed by atoms with van der Waals surface area (Å²) in [5, 5.41) is 9.71. The van der Waals surface area contributed by atoms with Crippen molar-refractivity contribution in [3.8, 4) is 11.1 Å². The molecule has 3 aromatic carbocycles. The van der Waals surface area contributed by atoms with Crippen molar-refractivity contribution in [1.29, 1.82) is 0 Å². The number of hydrogen-bond donors (Lipinski definition) is 2. The number of fused-ring (bicyclic) bond motifs is 1. The molecule has 0 aliphatic carbocycles. The van der Waals surface area contributed by atoms with Crippen LogP contribution in [0.25, 0.3) is 22.1 Å². The van der Waals surface area contributed by atoms with Gasteiger partial charge in [-0.05, 0) is 48.4 Å². The Bertz CT molecular complexity index is 1310. The molecule has 1 aromatic heterocycles. The van der Waals surface area contributed by atoms with E-state index in [1.165, 1.54) is 6.07 Å². The van der Waals surface area contributed by atoms with Gasteiger partial charge in [0.15, 0.2) is 0 Å². The fourth-order valence-electron chi connectivity index (χ4n) is 3.16. The van der Waals surface area contributed by atoms with Crippen LogP contribution >= 0.6 is 0 Å². The van der Waals surface area contributed by atoms with Crippen molar-refractivity contribution >= 4 is 32.6 Å². The van der Waals surface area contributed by atoms with Crippen LogP contribution in [0.15, 0.2) is 82.1 Å². The first-order valence-electron chi connectivity index (χ1n) is 8.80. The summed E-state index contributed by atoms with van der Waals surface area (Å²) in [5.74, 6) is -1.32. The van der Waals surface area contributed by atoms with Gasteiger partial charge in [-0.3, -0.25) is 4.72 Å². The van der Waals surface area contributed by atoms with Gasteiger partial charge in [0, 0.05) is 16.6 Å². The molecule has 0 amide bonds. The van der Waals surface area contributed by atoms with Gasteiger partial charge in [0.25, 0.3) is 10.0 Å². The lowest BCUT2D eigenvalue weighted by atomic mass is 10.1. The Morgan fingerprint density at radius 2 is 1.59 bits per heavy atom. The van der Waals surface area contributed by atoms with Gasteiger partial charge in [-0.15, -0.1) is 0 Å². The largest absolute Gasteiger partial charge is 0.475 e. The molecule has 0 saturated heterocycles. The predicted octanol–water partition coefficient (Wildman–Crippen LogP) is 4.91. The highest BCUT2D eigenvalue weighted by Gasteiger charge is 2.19. The molecule has 0 radical (unpaired) electrons. The highest BCUT2D eigenvalue weighted by Crippen LogP contribution is 2.29. The minimum atomic E-state index is -3.80. The number of anilines is 1. The van der Waals surface area contributed by atoms with Crippen LogP contribution in [0, 0.1) is 6.92 Å². The Labute approximate surface area is 167 Å². The third-order valence-corrected chi connectivity index (χ3v) is 6.05. The van der Waals surface area contributed by atoms with E-state index in [2.05, 4.69) is 4.72 Å². The number of nitrogens with one attached hydrogen (secondary N) is 1. The van der Waals surface area contributed by atoms with Crippen LogP contribution in [0.4, 0.5) is 5.69 Å². The fraction of sp³-hybridized carbons (Fsp3) is 0.0455. The topological polar surface area (TPSA) is 96.6 Å². The molecule has 0 spiro atoms. The Balaban J connectivity index is 1.63. The maximum Gasteiger partial charge on any atom is 0.372 e. The maximum absolute atomic E-state index is 12.8. The summed E-state index contributed by atoms with van der Waals surface area (Å²) >= 11 is 0. The SMILES string of the molecule is Cc1c(C(=O)O)oc2ccc(NS(=O)(=O)c3ccc(-c4ccccc4)cc3)cc12. The quantitative estimate of drug-likeness (QED) is 0.490. The lowest BCUT2D eigenvalue weighted by molar-refractivity contribution is 0.0664. The molecular formula is C22H17NO5S. The van der Waals surface area contributed by atoms with Crippen LogP contribution < -0.4 is 4.72 Å². The van der Waals surface area contributed by atoms with Crippen LogP contribution in [-0.4, -0.2) is 19.5 Å². The minimum Gasteiger partial charge on any atom is -0.475 e. The van der Waals surface area contributed by atoms with E-state index < -0.39 is 16.0 Å². The molecule has 29 heavy (non-hydrogen) atoms. The molecule has 2 N–H and O–H groups in total. The van der Waals surface area contributed by atoms with E-state index in [-0.39, 0.29) is 10.7 Å². The molecule has 6 nitrogen and oxygen atoms in total. The molecule has 1 heterocycles. The van der Waals surface area contributed by atoms with Gasteiger partial charge in [0.05, 0.1) is 4.90 Å². The maximum atomic E-state index is 12.8. The second-order valence-corrected chi connectivity index (χ2v) is 8.25. The highest BCUT2D eigenvalue weighted by molar-refractivity contribution is 7.92. The van der Waals surface area contributed by atoms with Gasteiger partial charge in [0.1, 0.15) is 5.58 Å². The Morgan fingerprint density at radius 1 is 0.931 bits per heavy atom. The average molecular weight is 407 g/mol. The summed E-state index contributed by atoms with van der Waals surface area (Å²) < 4.78 is 33.4. The molecule has 4 rings (SSSR count). The molecule has 0 fully saturated rings. The van der Waals surface area contributed by atoms with Gasteiger partial charge in [-0.1, -0.05) is 42.5 Å².